The van der Waals surface area contributed by atoms with Gasteiger partial charge in [0.25, 0.3) is 6.43 Å². The molecule has 0 heterocycles. The SMILES string of the molecule is COc1ccc(CC(F)C(=O)C(F)F)cc1. The third kappa shape index (κ3) is 3.25. The van der Waals surface area contributed by atoms with Crippen molar-refractivity contribution in [3.05, 3.63) is 29.8 Å². The molecule has 0 aliphatic rings. The molecule has 0 aliphatic heterocycles. The van der Waals surface area contributed by atoms with Crippen molar-refractivity contribution in [2.24, 2.45) is 0 Å². The molecule has 88 valence electrons. The molecule has 5 heteroatoms. The van der Waals surface area contributed by atoms with Gasteiger partial charge in [0.2, 0.25) is 5.78 Å². The van der Waals surface area contributed by atoms with Gasteiger partial charge >= 0.3 is 0 Å². The van der Waals surface area contributed by atoms with E-state index in [1.165, 1.54) is 19.2 Å². The maximum atomic E-state index is 13.1. The van der Waals surface area contributed by atoms with Crippen LogP contribution in [0.25, 0.3) is 0 Å². The molecule has 1 aromatic rings. The average Bonchev–Trinajstić information content (AvgIpc) is 2.28. The molecule has 0 aliphatic carbocycles. The zero-order valence-electron chi connectivity index (χ0n) is 8.62. The molecule has 1 unspecified atom stereocenters. The molecule has 0 fully saturated rings. The average molecular weight is 232 g/mol. The predicted molar refractivity (Wildman–Crippen MR) is 52.6 cm³/mol. The van der Waals surface area contributed by atoms with Gasteiger partial charge in [-0.15, -0.1) is 0 Å². The number of ketones is 1. The van der Waals surface area contributed by atoms with Crippen LogP contribution in [0.5, 0.6) is 5.75 Å². The Morgan fingerprint density at radius 3 is 2.25 bits per heavy atom. The molecular formula is C11H11F3O2. The van der Waals surface area contributed by atoms with Gasteiger partial charge in [-0.05, 0) is 17.7 Å². The standard InChI is InChI=1S/C11H11F3O2/c1-16-8-4-2-7(3-5-8)6-9(12)10(15)11(13)14/h2-5,9,11H,6H2,1H3. The lowest BCUT2D eigenvalue weighted by molar-refractivity contribution is -0.134. The van der Waals surface area contributed by atoms with Crippen LogP contribution < -0.4 is 4.74 Å². The number of rotatable bonds is 5. The van der Waals surface area contributed by atoms with E-state index >= 15 is 0 Å². The Hall–Kier alpha value is -1.52. The first kappa shape index (κ1) is 12.5. The van der Waals surface area contributed by atoms with Crippen LogP contribution in [0.2, 0.25) is 0 Å². The van der Waals surface area contributed by atoms with Crippen LogP contribution in [-0.4, -0.2) is 25.5 Å². The van der Waals surface area contributed by atoms with E-state index < -0.39 is 18.4 Å². The fraction of sp³-hybridized carbons (Fsp3) is 0.364. The highest BCUT2D eigenvalue weighted by Gasteiger charge is 2.26. The number of ether oxygens (including phenoxy) is 1. The summed E-state index contributed by atoms with van der Waals surface area (Å²) in [4.78, 5) is 10.6. The van der Waals surface area contributed by atoms with Crippen molar-refractivity contribution in [1.82, 2.24) is 0 Å². The predicted octanol–water partition coefficient (Wildman–Crippen LogP) is 2.41. The van der Waals surface area contributed by atoms with Gasteiger partial charge < -0.3 is 4.74 Å². The number of Topliss-reactive ketones (excluding diaryl/α,β-unsaturated/α-hetero) is 1. The monoisotopic (exact) mass is 232 g/mol. The second kappa shape index (κ2) is 5.53. The topological polar surface area (TPSA) is 26.3 Å². The minimum Gasteiger partial charge on any atom is -0.497 e. The van der Waals surface area contributed by atoms with Crippen molar-refractivity contribution in [3.63, 3.8) is 0 Å². The molecule has 1 aromatic carbocycles. The highest BCUT2D eigenvalue weighted by atomic mass is 19.3. The number of halogens is 3. The molecule has 1 atom stereocenters. The van der Waals surface area contributed by atoms with Crippen LogP contribution in [0, 0.1) is 0 Å². The lowest BCUT2D eigenvalue weighted by Gasteiger charge is -2.07. The van der Waals surface area contributed by atoms with Crippen molar-refractivity contribution in [2.45, 2.75) is 19.0 Å². The molecule has 2 nitrogen and oxygen atoms in total. The van der Waals surface area contributed by atoms with Gasteiger partial charge in [-0.1, -0.05) is 12.1 Å². The van der Waals surface area contributed by atoms with E-state index in [-0.39, 0.29) is 6.42 Å². The summed E-state index contributed by atoms with van der Waals surface area (Å²) in [6.45, 7) is 0. The first-order valence-electron chi connectivity index (χ1n) is 4.63. The fourth-order valence-corrected chi connectivity index (χ4v) is 1.21. The maximum Gasteiger partial charge on any atom is 0.299 e. The van der Waals surface area contributed by atoms with Gasteiger partial charge in [0.1, 0.15) is 5.75 Å². The smallest absolute Gasteiger partial charge is 0.299 e. The summed E-state index contributed by atoms with van der Waals surface area (Å²) in [7, 11) is 1.48. The summed E-state index contributed by atoms with van der Waals surface area (Å²) in [6, 6.07) is 6.22. The molecule has 0 N–H and O–H groups in total. The molecule has 0 aromatic heterocycles. The van der Waals surface area contributed by atoms with Crippen molar-refractivity contribution >= 4 is 5.78 Å². The van der Waals surface area contributed by atoms with E-state index in [1.54, 1.807) is 12.1 Å². The highest BCUT2D eigenvalue weighted by Crippen LogP contribution is 2.15. The van der Waals surface area contributed by atoms with Gasteiger partial charge in [0, 0.05) is 6.42 Å². The molecule has 1 rings (SSSR count). The molecule has 0 saturated heterocycles. The third-order valence-electron chi connectivity index (χ3n) is 2.10. The van der Waals surface area contributed by atoms with Gasteiger partial charge in [-0.2, -0.15) is 0 Å². The normalized spacial score (nSPS) is 12.6. The highest BCUT2D eigenvalue weighted by molar-refractivity contribution is 5.86. The Kier molecular flexibility index (Phi) is 4.34. The van der Waals surface area contributed by atoms with E-state index in [0.29, 0.717) is 11.3 Å². The number of benzene rings is 1. The number of hydrogen-bond donors (Lipinski definition) is 0. The van der Waals surface area contributed by atoms with Gasteiger partial charge in [0.15, 0.2) is 6.17 Å². The lowest BCUT2D eigenvalue weighted by Crippen LogP contribution is -2.25. The Morgan fingerprint density at radius 1 is 1.25 bits per heavy atom. The van der Waals surface area contributed by atoms with Gasteiger partial charge in [0.05, 0.1) is 7.11 Å². The number of carbonyl (C=O) groups excluding carboxylic acids is 1. The van der Waals surface area contributed by atoms with E-state index in [0.717, 1.165) is 0 Å². The Labute approximate surface area is 91.0 Å². The van der Waals surface area contributed by atoms with E-state index in [4.69, 9.17) is 4.74 Å². The fourth-order valence-electron chi connectivity index (χ4n) is 1.21. The molecule has 0 spiro atoms. The summed E-state index contributed by atoms with van der Waals surface area (Å²) in [5.41, 5.74) is 0.474. The molecule has 16 heavy (non-hydrogen) atoms. The molecule has 0 saturated carbocycles. The minimum absolute atomic E-state index is 0.340. The molecule has 0 amide bonds. The number of carbonyl (C=O) groups is 1. The van der Waals surface area contributed by atoms with Gasteiger partial charge in [-0.25, -0.2) is 13.2 Å². The molecule has 0 bridgehead atoms. The summed E-state index contributed by atoms with van der Waals surface area (Å²) in [6.07, 6.45) is -5.76. The summed E-state index contributed by atoms with van der Waals surface area (Å²) in [5, 5.41) is 0. The van der Waals surface area contributed by atoms with Gasteiger partial charge in [-0.3, -0.25) is 4.79 Å². The second-order valence-electron chi connectivity index (χ2n) is 3.22. The molecule has 0 radical (unpaired) electrons. The summed E-state index contributed by atoms with van der Waals surface area (Å²) in [5.74, 6) is -1.09. The van der Waals surface area contributed by atoms with Crippen LogP contribution in [0.1, 0.15) is 5.56 Å². The van der Waals surface area contributed by atoms with E-state index in [9.17, 15) is 18.0 Å². The summed E-state index contributed by atoms with van der Waals surface area (Å²) < 4.78 is 41.7. The zero-order chi connectivity index (χ0) is 12.1. The lowest BCUT2D eigenvalue weighted by atomic mass is 10.1. The van der Waals surface area contributed by atoms with Crippen LogP contribution >= 0.6 is 0 Å². The van der Waals surface area contributed by atoms with Crippen molar-refractivity contribution in [1.29, 1.82) is 0 Å². The first-order chi connectivity index (χ1) is 7.54. The number of methoxy groups -OCH3 is 1. The zero-order valence-corrected chi connectivity index (χ0v) is 8.62. The Morgan fingerprint density at radius 2 is 1.81 bits per heavy atom. The maximum absolute atomic E-state index is 13.1. The Bertz CT molecular complexity index is 349. The van der Waals surface area contributed by atoms with Crippen molar-refractivity contribution < 1.29 is 22.7 Å². The van der Waals surface area contributed by atoms with Crippen molar-refractivity contribution in [2.75, 3.05) is 7.11 Å². The number of alkyl halides is 3. The minimum atomic E-state index is -3.26. The Balaban J connectivity index is 2.62. The van der Waals surface area contributed by atoms with Crippen molar-refractivity contribution in [3.8, 4) is 5.75 Å². The number of hydrogen-bond acceptors (Lipinski definition) is 2. The van der Waals surface area contributed by atoms with Crippen LogP contribution in [0.15, 0.2) is 24.3 Å². The second-order valence-corrected chi connectivity index (χ2v) is 3.22. The van der Waals surface area contributed by atoms with E-state index in [1.807, 2.05) is 0 Å². The largest absolute Gasteiger partial charge is 0.497 e. The first-order valence-corrected chi connectivity index (χ1v) is 4.63. The van der Waals surface area contributed by atoms with Crippen LogP contribution in [0.4, 0.5) is 13.2 Å². The van der Waals surface area contributed by atoms with Crippen LogP contribution in [0.3, 0.4) is 0 Å². The van der Waals surface area contributed by atoms with E-state index in [2.05, 4.69) is 0 Å². The molecular weight excluding hydrogens is 221 g/mol. The third-order valence-corrected chi connectivity index (χ3v) is 2.10. The quantitative estimate of drug-likeness (QED) is 0.779. The van der Waals surface area contributed by atoms with Crippen LogP contribution in [-0.2, 0) is 11.2 Å². The summed E-state index contributed by atoms with van der Waals surface area (Å²) >= 11 is 0.